The lowest BCUT2D eigenvalue weighted by molar-refractivity contribution is -0.135. The van der Waals surface area contributed by atoms with Crippen LogP contribution in [0.5, 0.6) is 11.5 Å². The van der Waals surface area contributed by atoms with Gasteiger partial charge < -0.3 is 19.3 Å². The lowest BCUT2D eigenvalue weighted by Crippen LogP contribution is -2.61. The monoisotopic (exact) mass is 449 g/mol. The summed E-state index contributed by atoms with van der Waals surface area (Å²) in [6.07, 6.45) is 2.28. The first kappa shape index (κ1) is 23.9. The van der Waals surface area contributed by atoms with Crippen LogP contribution >= 0.6 is 0 Å². The smallest absolute Gasteiger partial charge is 0.227 e. The van der Waals surface area contributed by atoms with Gasteiger partial charge in [0.2, 0.25) is 11.9 Å². The van der Waals surface area contributed by atoms with Crippen LogP contribution < -0.4 is 14.8 Å². The molecular weight excluding hydrogens is 418 g/mol. The van der Waals surface area contributed by atoms with Gasteiger partial charge >= 0.3 is 0 Å². The number of nitrogens with zero attached hydrogens (tertiary/aromatic N) is 4. The fourth-order valence-electron chi connectivity index (χ4n) is 4.05. The maximum absolute atomic E-state index is 13.2. The summed E-state index contributed by atoms with van der Waals surface area (Å²) >= 11 is 0. The number of hydrogen-bond acceptors (Lipinski definition) is 5. The predicted octanol–water partition coefficient (Wildman–Crippen LogP) is 3.23. The van der Waals surface area contributed by atoms with Crippen molar-refractivity contribution in [3.8, 4) is 17.7 Å². The van der Waals surface area contributed by atoms with Gasteiger partial charge in [-0.1, -0.05) is 24.3 Å². The maximum Gasteiger partial charge on any atom is 0.227 e. The quantitative estimate of drug-likeness (QED) is 0.326. The Labute approximate surface area is 195 Å². The molecule has 0 aliphatic carbocycles. The number of rotatable bonds is 5. The van der Waals surface area contributed by atoms with E-state index >= 15 is 0 Å². The minimum atomic E-state index is -0.0450. The highest BCUT2D eigenvalue weighted by molar-refractivity contribution is 5.85. The molecule has 1 heterocycles. The highest BCUT2D eigenvalue weighted by Crippen LogP contribution is 2.28. The Morgan fingerprint density at radius 2 is 1.76 bits per heavy atom. The Balaban J connectivity index is 1.75. The van der Waals surface area contributed by atoms with Gasteiger partial charge in [-0.3, -0.25) is 10.1 Å². The summed E-state index contributed by atoms with van der Waals surface area (Å²) in [5, 5.41) is 12.0. The second-order valence-electron chi connectivity index (χ2n) is 8.22. The van der Waals surface area contributed by atoms with E-state index in [2.05, 4.69) is 10.2 Å². The van der Waals surface area contributed by atoms with E-state index in [0.29, 0.717) is 30.5 Å². The molecule has 1 aliphatic rings. The Bertz CT molecular complexity index is 1060. The number of aryl methyl sites for hydroxylation is 1. The molecule has 0 aromatic heterocycles. The summed E-state index contributed by atoms with van der Waals surface area (Å²) in [4.78, 5) is 21.8. The molecule has 0 bridgehead atoms. The molecule has 1 N–H and O–H groups in total. The van der Waals surface area contributed by atoms with E-state index in [4.69, 9.17) is 14.5 Å². The number of amides is 1. The van der Waals surface area contributed by atoms with Gasteiger partial charge in [0.05, 0.1) is 26.3 Å². The number of ether oxygens (including phenoxy) is 2. The second-order valence-corrected chi connectivity index (χ2v) is 8.22. The number of nitriles is 1. The van der Waals surface area contributed by atoms with Crippen LogP contribution in [0.2, 0.25) is 0 Å². The Kier molecular flexibility index (Phi) is 7.78. The lowest BCUT2D eigenvalue weighted by atomic mass is 10.1. The van der Waals surface area contributed by atoms with E-state index in [1.54, 1.807) is 14.2 Å². The van der Waals surface area contributed by atoms with E-state index in [1.807, 2.05) is 74.3 Å². The van der Waals surface area contributed by atoms with Gasteiger partial charge in [-0.05, 0) is 50.1 Å². The standard InChI is InChI=1S/C25H31N5O3/c1-17-8-6-7-9-21(17)28-25(27-16-26)30-15-18(2)29(14-19(30)3)24(31)13-20-10-11-22(32-4)23(12-20)33-5/h6-12,18-19H,13-15H2,1-5H3,(H,27,28). The summed E-state index contributed by atoms with van der Waals surface area (Å²) in [5.74, 6) is 1.79. The molecule has 1 amide bonds. The number of guanidine groups is 1. The molecule has 0 saturated carbocycles. The molecule has 2 aromatic rings. The summed E-state index contributed by atoms with van der Waals surface area (Å²) < 4.78 is 10.6. The molecular formula is C25H31N5O3. The minimum absolute atomic E-state index is 0.0147. The van der Waals surface area contributed by atoms with E-state index in [9.17, 15) is 10.1 Å². The van der Waals surface area contributed by atoms with Crippen LogP contribution in [0.1, 0.15) is 25.0 Å². The molecule has 2 aromatic carbocycles. The number of nitrogens with one attached hydrogen (secondary N) is 1. The van der Waals surface area contributed by atoms with Crippen LogP contribution in [-0.2, 0) is 11.2 Å². The molecule has 1 aliphatic heterocycles. The zero-order chi connectivity index (χ0) is 24.0. The van der Waals surface area contributed by atoms with Crippen molar-refractivity contribution in [1.82, 2.24) is 15.1 Å². The van der Waals surface area contributed by atoms with Crippen molar-refractivity contribution in [1.29, 1.82) is 5.26 Å². The SMILES string of the molecule is COc1ccc(CC(=O)N2CC(C)N(C(=Nc3ccccc3C)NC#N)CC2C)cc1OC. The Morgan fingerprint density at radius 3 is 2.42 bits per heavy atom. The number of carbonyl (C=O) groups excluding carboxylic acids is 1. The molecule has 1 fully saturated rings. The number of aliphatic imine (C=N–C) groups is 1. The third kappa shape index (κ3) is 5.55. The Morgan fingerprint density at radius 1 is 1.09 bits per heavy atom. The first-order valence-corrected chi connectivity index (χ1v) is 10.9. The molecule has 0 radical (unpaired) electrons. The first-order valence-electron chi connectivity index (χ1n) is 10.9. The van der Waals surface area contributed by atoms with Crippen molar-refractivity contribution >= 4 is 17.6 Å². The van der Waals surface area contributed by atoms with Crippen molar-refractivity contribution in [2.75, 3.05) is 27.3 Å². The molecule has 8 heteroatoms. The molecule has 33 heavy (non-hydrogen) atoms. The highest BCUT2D eigenvalue weighted by Gasteiger charge is 2.33. The van der Waals surface area contributed by atoms with E-state index in [0.717, 1.165) is 16.8 Å². The zero-order valence-electron chi connectivity index (χ0n) is 19.8. The number of methoxy groups -OCH3 is 2. The third-order valence-electron chi connectivity index (χ3n) is 5.89. The van der Waals surface area contributed by atoms with Gasteiger partial charge in [0.1, 0.15) is 0 Å². The molecule has 174 valence electrons. The van der Waals surface area contributed by atoms with Gasteiger partial charge in [-0.2, -0.15) is 5.26 Å². The summed E-state index contributed by atoms with van der Waals surface area (Å²) in [5.41, 5.74) is 2.70. The van der Waals surface area contributed by atoms with Crippen molar-refractivity contribution < 1.29 is 14.3 Å². The van der Waals surface area contributed by atoms with Crippen molar-refractivity contribution in [2.24, 2.45) is 4.99 Å². The van der Waals surface area contributed by atoms with E-state index in [1.165, 1.54) is 0 Å². The highest BCUT2D eigenvalue weighted by atomic mass is 16.5. The summed E-state index contributed by atoms with van der Waals surface area (Å²) in [7, 11) is 3.17. The first-order chi connectivity index (χ1) is 15.9. The zero-order valence-corrected chi connectivity index (χ0v) is 19.8. The van der Waals surface area contributed by atoms with Gasteiger partial charge in [-0.15, -0.1) is 0 Å². The molecule has 1 saturated heterocycles. The topological polar surface area (TPSA) is 90.2 Å². The number of hydrogen-bond donors (Lipinski definition) is 1. The number of para-hydroxylation sites is 1. The van der Waals surface area contributed by atoms with Crippen molar-refractivity contribution in [3.05, 3.63) is 53.6 Å². The van der Waals surface area contributed by atoms with Crippen LogP contribution in [-0.4, -0.2) is 61.1 Å². The van der Waals surface area contributed by atoms with Crippen molar-refractivity contribution in [3.63, 3.8) is 0 Å². The van der Waals surface area contributed by atoms with Gasteiger partial charge in [-0.25, -0.2) is 4.99 Å². The van der Waals surface area contributed by atoms with Crippen molar-refractivity contribution in [2.45, 2.75) is 39.3 Å². The molecule has 0 spiro atoms. The van der Waals surface area contributed by atoms with Crippen LogP contribution in [0.3, 0.4) is 0 Å². The maximum atomic E-state index is 13.2. The van der Waals surface area contributed by atoms with Gasteiger partial charge in [0.15, 0.2) is 17.7 Å². The predicted molar refractivity (Wildman–Crippen MR) is 128 cm³/mol. The number of carbonyl (C=O) groups is 1. The number of benzene rings is 2. The second kappa shape index (κ2) is 10.7. The molecule has 3 rings (SSSR count). The molecule has 2 unspecified atom stereocenters. The van der Waals surface area contributed by atoms with Gasteiger partial charge in [0, 0.05) is 25.2 Å². The van der Waals surface area contributed by atoms with E-state index < -0.39 is 0 Å². The van der Waals surface area contributed by atoms with Crippen LogP contribution in [0.25, 0.3) is 0 Å². The summed E-state index contributed by atoms with van der Waals surface area (Å²) in [6.45, 7) is 7.14. The molecule has 2 atom stereocenters. The largest absolute Gasteiger partial charge is 0.493 e. The normalized spacial score (nSPS) is 18.5. The summed E-state index contributed by atoms with van der Waals surface area (Å²) in [6, 6.07) is 13.3. The molecule has 8 nitrogen and oxygen atoms in total. The van der Waals surface area contributed by atoms with Crippen LogP contribution in [0.15, 0.2) is 47.5 Å². The average Bonchev–Trinajstić information content (AvgIpc) is 2.81. The average molecular weight is 450 g/mol. The fraction of sp³-hybridized carbons (Fsp3) is 0.400. The fourth-order valence-corrected chi connectivity index (χ4v) is 4.05. The van der Waals surface area contributed by atoms with E-state index in [-0.39, 0.29) is 24.4 Å². The third-order valence-corrected chi connectivity index (χ3v) is 5.89. The lowest BCUT2D eigenvalue weighted by Gasteiger charge is -2.45. The minimum Gasteiger partial charge on any atom is -0.493 e. The Hall–Kier alpha value is -3.73. The van der Waals surface area contributed by atoms with Gasteiger partial charge in [0.25, 0.3) is 0 Å². The van der Waals surface area contributed by atoms with Crippen LogP contribution in [0.4, 0.5) is 5.69 Å². The number of piperazine rings is 1. The van der Waals surface area contributed by atoms with Crippen LogP contribution in [0, 0.1) is 18.4 Å².